The van der Waals surface area contributed by atoms with Crippen LogP contribution in [0.4, 0.5) is 15.9 Å². The molecule has 0 bridgehead atoms. The second kappa shape index (κ2) is 8.00. The first kappa shape index (κ1) is 20.1. The Kier molecular flexibility index (Phi) is 5.17. The highest BCUT2D eigenvalue weighted by Crippen LogP contribution is 2.33. The van der Waals surface area contributed by atoms with Crippen LogP contribution < -0.4 is 10.4 Å². The highest BCUT2D eigenvalue weighted by atomic mass is 35.5. The fourth-order valence-corrected chi connectivity index (χ4v) is 4.38. The molecule has 0 aliphatic carbocycles. The van der Waals surface area contributed by atoms with E-state index in [2.05, 4.69) is 31.5 Å². The Morgan fingerprint density at radius 3 is 2.97 bits per heavy atom. The number of H-pyrrole nitrogens is 1. The molecule has 5 rings (SSSR count). The van der Waals surface area contributed by atoms with E-state index in [1.807, 2.05) is 6.07 Å². The molecule has 2 aliphatic rings. The van der Waals surface area contributed by atoms with Crippen molar-refractivity contribution in [1.29, 1.82) is 5.26 Å². The van der Waals surface area contributed by atoms with Crippen LogP contribution in [0.1, 0.15) is 18.0 Å². The number of piperidine rings is 1. The van der Waals surface area contributed by atoms with E-state index < -0.39 is 12.2 Å². The normalized spacial score (nSPS) is 22.3. The van der Waals surface area contributed by atoms with Gasteiger partial charge in [0.1, 0.15) is 29.4 Å². The molecule has 3 aromatic heterocycles. The summed E-state index contributed by atoms with van der Waals surface area (Å²) >= 11 is 6.56. The van der Waals surface area contributed by atoms with Crippen LogP contribution in [0.2, 0.25) is 5.15 Å². The summed E-state index contributed by atoms with van der Waals surface area (Å²) in [6, 6.07) is 5.70. The van der Waals surface area contributed by atoms with E-state index in [4.69, 9.17) is 21.6 Å². The van der Waals surface area contributed by atoms with Crippen LogP contribution in [0, 0.1) is 11.3 Å². The van der Waals surface area contributed by atoms with E-state index in [-0.39, 0.29) is 0 Å². The average molecular weight is 445 g/mol. The number of ether oxygens (including phenoxy) is 1. The van der Waals surface area contributed by atoms with Gasteiger partial charge in [0, 0.05) is 31.7 Å². The van der Waals surface area contributed by atoms with Gasteiger partial charge >= 0.3 is 0 Å². The summed E-state index contributed by atoms with van der Waals surface area (Å²) in [6.45, 7) is 2.52. The van der Waals surface area contributed by atoms with E-state index in [1.165, 1.54) is 0 Å². The molecule has 2 N–H and O–H groups in total. The maximum absolute atomic E-state index is 14.9. The number of alkyl halides is 1. The lowest BCUT2D eigenvalue weighted by atomic mass is 10.0. The Labute approximate surface area is 183 Å². The van der Waals surface area contributed by atoms with Crippen LogP contribution in [0.25, 0.3) is 11.0 Å². The summed E-state index contributed by atoms with van der Waals surface area (Å²) in [6.07, 6.45) is 2.81. The van der Waals surface area contributed by atoms with Crippen LogP contribution in [0.5, 0.6) is 0 Å². The van der Waals surface area contributed by atoms with Gasteiger partial charge in [-0.25, -0.2) is 14.1 Å². The molecule has 9 nitrogen and oxygen atoms in total. The zero-order valence-electron chi connectivity index (χ0n) is 16.9. The van der Waals surface area contributed by atoms with E-state index in [0.29, 0.717) is 60.1 Å². The number of aromatic nitrogens is 4. The van der Waals surface area contributed by atoms with Crippen molar-refractivity contribution in [2.24, 2.45) is 0 Å². The van der Waals surface area contributed by atoms with E-state index in [1.54, 1.807) is 35.2 Å². The molecule has 2 fully saturated rings. The van der Waals surface area contributed by atoms with Crippen molar-refractivity contribution in [3.8, 4) is 6.07 Å². The third kappa shape index (κ3) is 3.59. The first-order chi connectivity index (χ1) is 15.0. The highest BCUT2D eigenvalue weighted by molar-refractivity contribution is 6.32. The minimum Gasteiger partial charge on any atom is -0.378 e. The Bertz CT molecular complexity index is 1140. The first-order valence-electron chi connectivity index (χ1n) is 10.1. The average Bonchev–Trinajstić information content (AvgIpc) is 3.30. The molecular formula is C20H22ClFN8O. The van der Waals surface area contributed by atoms with Gasteiger partial charge in [0.2, 0.25) is 0 Å². The highest BCUT2D eigenvalue weighted by Gasteiger charge is 2.37. The zero-order valence-corrected chi connectivity index (χ0v) is 17.7. The van der Waals surface area contributed by atoms with Crippen LogP contribution in [-0.2, 0) is 4.74 Å². The van der Waals surface area contributed by atoms with Crippen molar-refractivity contribution in [2.45, 2.75) is 24.7 Å². The smallest absolute Gasteiger partial charge is 0.152 e. The van der Waals surface area contributed by atoms with Crippen LogP contribution in [-0.4, -0.2) is 70.2 Å². The van der Waals surface area contributed by atoms with Gasteiger partial charge in [-0.15, -0.1) is 0 Å². The van der Waals surface area contributed by atoms with E-state index >= 15 is 0 Å². The molecule has 0 aromatic carbocycles. The second-order valence-electron chi connectivity index (χ2n) is 7.90. The van der Waals surface area contributed by atoms with Gasteiger partial charge in [-0.05, 0) is 18.6 Å². The monoisotopic (exact) mass is 444 g/mol. The first-order valence-corrected chi connectivity index (χ1v) is 10.5. The van der Waals surface area contributed by atoms with Crippen molar-refractivity contribution in [3.63, 3.8) is 0 Å². The number of nitrogens with zero attached hydrogens (tertiary/aromatic N) is 6. The number of rotatable bonds is 5. The van der Waals surface area contributed by atoms with Gasteiger partial charge in [0.25, 0.3) is 0 Å². The zero-order chi connectivity index (χ0) is 21.5. The molecule has 5 heterocycles. The van der Waals surface area contributed by atoms with Crippen LogP contribution in [0.15, 0.2) is 24.5 Å². The molecule has 3 aromatic rings. The predicted molar refractivity (Wildman–Crippen MR) is 115 cm³/mol. The van der Waals surface area contributed by atoms with Crippen LogP contribution >= 0.6 is 11.6 Å². The van der Waals surface area contributed by atoms with Gasteiger partial charge in [-0.1, -0.05) is 11.6 Å². The third-order valence-corrected chi connectivity index (χ3v) is 6.38. The summed E-state index contributed by atoms with van der Waals surface area (Å²) in [5.74, 6) is 0.627. The van der Waals surface area contributed by atoms with Crippen molar-refractivity contribution in [1.82, 2.24) is 24.6 Å². The number of hydrazine groups is 1. The van der Waals surface area contributed by atoms with Crippen molar-refractivity contribution in [2.75, 3.05) is 43.8 Å². The molecule has 11 heteroatoms. The molecule has 0 spiro atoms. The number of pyridine rings is 1. The lowest BCUT2D eigenvalue weighted by Gasteiger charge is -2.42. The molecule has 0 saturated carbocycles. The minimum atomic E-state index is -1.05. The van der Waals surface area contributed by atoms with Gasteiger partial charge in [0.05, 0.1) is 37.1 Å². The number of anilines is 2. The molecule has 2 aliphatic heterocycles. The van der Waals surface area contributed by atoms with Gasteiger partial charge in [-0.3, -0.25) is 15.3 Å². The number of nitrogens with one attached hydrogen (secondary N) is 2. The largest absolute Gasteiger partial charge is 0.378 e. The Morgan fingerprint density at radius 2 is 2.26 bits per heavy atom. The molecule has 2 saturated heterocycles. The number of halogens is 2. The molecule has 0 unspecified atom stereocenters. The lowest BCUT2D eigenvalue weighted by molar-refractivity contribution is -0.0847. The molecule has 162 valence electrons. The fourth-order valence-electron chi connectivity index (χ4n) is 4.12. The molecule has 0 amide bonds. The molecule has 31 heavy (non-hydrogen) atoms. The predicted octanol–water partition coefficient (Wildman–Crippen LogP) is 2.73. The van der Waals surface area contributed by atoms with E-state index in [0.717, 1.165) is 11.9 Å². The third-order valence-electron chi connectivity index (χ3n) is 6.00. The number of nitriles is 1. The lowest BCUT2D eigenvalue weighted by Crippen LogP contribution is -2.55. The molecule has 2 atom stereocenters. The summed E-state index contributed by atoms with van der Waals surface area (Å²) in [4.78, 5) is 9.67. The summed E-state index contributed by atoms with van der Waals surface area (Å²) < 4.78 is 21.7. The Balaban J connectivity index is 1.29. The van der Waals surface area contributed by atoms with Gasteiger partial charge in [-0.2, -0.15) is 10.4 Å². The standard InChI is InChI=1S/C20H22ClFN8O/c1-28(18-3-2-14-12(6-23)7-24-20(14)26-18)27-16-8-25-30(19(16)21)17-4-5-29(9-15(17)22)13-10-31-11-13/h2-3,7-8,13,15,17,27H,4-5,9-11H2,1H3,(H,24,26)/t15-,17-/m0/s1. The SMILES string of the molecule is CN(Nc1cnn([C@H]2CCN(C3COC3)C[C@@H]2F)c1Cl)c1ccc2c(C#N)c[nH]c2n1. The van der Waals surface area contributed by atoms with Gasteiger partial charge < -0.3 is 9.72 Å². The topological polar surface area (TPSA) is 98.0 Å². The maximum atomic E-state index is 14.9. The van der Waals surface area contributed by atoms with Crippen LogP contribution in [0.3, 0.4) is 0 Å². The Morgan fingerprint density at radius 1 is 1.42 bits per heavy atom. The fraction of sp³-hybridized carbons (Fsp3) is 0.450. The summed E-state index contributed by atoms with van der Waals surface area (Å²) in [5, 5.41) is 16.3. The summed E-state index contributed by atoms with van der Waals surface area (Å²) in [7, 11) is 1.80. The second-order valence-corrected chi connectivity index (χ2v) is 8.26. The Hall–Kier alpha value is -2.87. The molecular weight excluding hydrogens is 423 g/mol. The van der Waals surface area contributed by atoms with Gasteiger partial charge in [0.15, 0.2) is 5.15 Å². The van der Waals surface area contributed by atoms with Crippen molar-refractivity contribution in [3.05, 3.63) is 35.2 Å². The maximum Gasteiger partial charge on any atom is 0.152 e. The number of hydrogen-bond acceptors (Lipinski definition) is 7. The van der Waals surface area contributed by atoms with Crippen molar-refractivity contribution < 1.29 is 9.13 Å². The molecule has 0 radical (unpaired) electrons. The quantitative estimate of drug-likeness (QED) is 0.584. The minimum absolute atomic E-state index is 0.326. The van der Waals surface area contributed by atoms with E-state index in [9.17, 15) is 4.39 Å². The number of aromatic amines is 1. The number of likely N-dealkylation sites (tertiary alicyclic amines) is 1. The number of fused-ring (bicyclic) bond motifs is 1. The van der Waals surface area contributed by atoms with Crippen molar-refractivity contribution >= 4 is 34.1 Å². The number of hydrogen-bond donors (Lipinski definition) is 2. The summed E-state index contributed by atoms with van der Waals surface area (Å²) in [5.41, 5.74) is 4.89.